The fraction of sp³-hybridized carbons (Fsp3) is 0.238. The summed E-state index contributed by atoms with van der Waals surface area (Å²) < 4.78 is 1.67. The van der Waals surface area contributed by atoms with Crippen molar-refractivity contribution in [3.05, 3.63) is 77.3 Å². The lowest BCUT2D eigenvalue weighted by molar-refractivity contribution is -0.131. The minimum atomic E-state index is -0.108. The highest BCUT2D eigenvalue weighted by Gasteiger charge is 2.19. The average molecular weight is 397 g/mol. The van der Waals surface area contributed by atoms with Gasteiger partial charge in [-0.3, -0.25) is 9.59 Å². The second kappa shape index (κ2) is 8.80. The molecule has 0 aliphatic carbocycles. The van der Waals surface area contributed by atoms with Crippen molar-refractivity contribution in [3.63, 3.8) is 0 Å². The van der Waals surface area contributed by atoms with Gasteiger partial charge in [0.25, 0.3) is 0 Å². The van der Waals surface area contributed by atoms with Gasteiger partial charge in [-0.05, 0) is 48.9 Å². The quantitative estimate of drug-likeness (QED) is 0.564. The van der Waals surface area contributed by atoms with E-state index in [-0.39, 0.29) is 30.6 Å². The van der Waals surface area contributed by atoms with Gasteiger partial charge in [0.05, 0.1) is 11.7 Å². The van der Waals surface area contributed by atoms with Crippen molar-refractivity contribution in [1.82, 2.24) is 19.7 Å². The summed E-state index contributed by atoms with van der Waals surface area (Å²) in [5.41, 5.74) is 2.47. The Morgan fingerprint density at radius 2 is 1.75 bits per heavy atom. The fourth-order valence-corrected chi connectivity index (χ4v) is 2.99. The lowest BCUT2D eigenvalue weighted by atomic mass is 10.0. The highest BCUT2D eigenvalue weighted by atomic mass is 35.5. The van der Waals surface area contributed by atoms with Crippen molar-refractivity contribution in [3.8, 4) is 5.69 Å². The first-order valence-electron chi connectivity index (χ1n) is 8.95. The van der Waals surface area contributed by atoms with E-state index in [4.69, 9.17) is 11.6 Å². The van der Waals surface area contributed by atoms with Crippen molar-refractivity contribution >= 4 is 23.3 Å². The Morgan fingerprint density at radius 1 is 1.07 bits per heavy atom. The van der Waals surface area contributed by atoms with Crippen LogP contribution in [0.25, 0.3) is 5.69 Å². The molecule has 28 heavy (non-hydrogen) atoms. The van der Waals surface area contributed by atoms with Crippen LogP contribution in [0.3, 0.4) is 0 Å². The zero-order chi connectivity index (χ0) is 20.1. The van der Waals surface area contributed by atoms with E-state index in [1.54, 1.807) is 47.2 Å². The van der Waals surface area contributed by atoms with E-state index in [0.717, 1.165) is 11.3 Å². The summed E-state index contributed by atoms with van der Waals surface area (Å²) in [6.07, 6.45) is 3.45. The van der Waals surface area contributed by atoms with Crippen LogP contribution in [0.15, 0.2) is 61.2 Å². The van der Waals surface area contributed by atoms with Crippen LogP contribution in [0.2, 0.25) is 5.02 Å². The molecule has 0 radical (unpaired) electrons. The third-order valence-electron chi connectivity index (χ3n) is 4.77. The molecule has 1 atom stereocenters. The van der Waals surface area contributed by atoms with Crippen molar-refractivity contribution in [2.24, 2.45) is 0 Å². The molecule has 6 nitrogen and oxygen atoms in total. The summed E-state index contributed by atoms with van der Waals surface area (Å²) in [7, 11) is 1.76. The minimum absolute atomic E-state index is 0.0664. The largest absolute Gasteiger partial charge is 0.339 e. The fourth-order valence-electron chi connectivity index (χ4n) is 2.86. The third kappa shape index (κ3) is 4.64. The van der Waals surface area contributed by atoms with Gasteiger partial charge in [0, 0.05) is 30.5 Å². The van der Waals surface area contributed by atoms with Crippen molar-refractivity contribution in [1.29, 1.82) is 0 Å². The summed E-state index contributed by atoms with van der Waals surface area (Å²) in [5, 5.41) is 4.68. The first-order valence-corrected chi connectivity index (χ1v) is 9.33. The van der Waals surface area contributed by atoms with Crippen LogP contribution in [-0.4, -0.2) is 38.4 Å². The van der Waals surface area contributed by atoms with Crippen LogP contribution in [0.5, 0.6) is 0 Å². The van der Waals surface area contributed by atoms with Crippen LogP contribution >= 0.6 is 11.6 Å². The summed E-state index contributed by atoms with van der Waals surface area (Å²) in [5.74, 6) is -0.140. The number of carbonyl (C=O) groups is 2. The van der Waals surface area contributed by atoms with Gasteiger partial charge in [-0.25, -0.2) is 9.67 Å². The van der Waals surface area contributed by atoms with Gasteiger partial charge in [-0.15, -0.1) is 0 Å². The molecule has 1 amide bonds. The molecule has 0 bridgehead atoms. The van der Waals surface area contributed by atoms with Gasteiger partial charge in [0.2, 0.25) is 5.91 Å². The molecule has 0 saturated heterocycles. The third-order valence-corrected chi connectivity index (χ3v) is 5.02. The molecule has 3 aromatic rings. The zero-order valence-corrected chi connectivity index (χ0v) is 16.5. The molecule has 144 valence electrons. The molecule has 0 fully saturated rings. The molecule has 0 saturated carbocycles. The SMILES string of the molecule is CC(c1ccc(-n2cncn2)cc1)N(C)C(=O)CCC(=O)c1ccc(Cl)cc1. The lowest BCUT2D eigenvalue weighted by Crippen LogP contribution is -2.29. The molecule has 0 spiro atoms. The molecular weight excluding hydrogens is 376 g/mol. The standard InChI is InChI=1S/C21H21ClN4O2/c1-15(16-5-9-19(10-6-16)26-14-23-13-24-26)25(2)21(28)12-11-20(27)17-3-7-18(22)8-4-17/h3-10,13-15H,11-12H2,1-2H3. The average Bonchev–Trinajstić information content (AvgIpc) is 3.26. The number of nitrogens with zero attached hydrogens (tertiary/aromatic N) is 4. The summed E-state index contributed by atoms with van der Waals surface area (Å²) in [4.78, 5) is 30.4. The monoisotopic (exact) mass is 396 g/mol. The molecule has 1 unspecified atom stereocenters. The number of benzene rings is 2. The van der Waals surface area contributed by atoms with Crippen LogP contribution in [-0.2, 0) is 4.79 Å². The van der Waals surface area contributed by atoms with E-state index >= 15 is 0 Å². The maximum Gasteiger partial charge on any atom is 0.223 e. The molecule has 2 aromatic carbocycles. The number of ketones is 1. The Kier molecular flexibility index (Phi) is 6.21. The predicted molar refractivity (Wildman–Crippen MR) is 108 cm³/mol. The summed E-state index contributed by atoms with van der Waals surface area (Å²) >= 11 is 5.84. The number of halogens is 1. The van der Waals surface area contributed by atoms with Gasteiger partial charge in [0.1, 0.15) is 12.7 Å². The maximum atomic E-state index is 12.5. The van der Waals surface area contributed by atoms with Crippen LogP contribution < -0.4 is 0 Å². The number of hydrogen-bond acceptors (Lipinski definition) is 4. The second-order valence-electron chi connectivity index (χ2n) is 6.54. The van der Waals surface area contributed by atoms with Gasteiger partial charge in [0.15, 0.2) is 5.78 Å². The van der Waals surface area contributed by atoms with Crippen LogP contribution in [0.1, 0.15) is 41.7 Å². The highest BCUT2D eigenvalue weighted by molar-refractivity contribution is 6.30. The molecule has 7 heteroatoms. The Balaban J connectivity index is 1.57. The molecular formula is C21H21ClN4O2. The van der Waals surface area contributed by atoms with Crippen molar-refractivity contribution < 1.29 is 9.59 Å². The normalized spacial score (nSPS) is 11.8. The molecule has 1 aromatic heterocycles. The first-order chi connectivity index (χ1) is 13.5. The van der Waals surface area contributed by atoms with Crippen LogP contribution in [0, 0.1) is 0 Å². The Labute approximate surface area is 168 Å². The Bertz CT molecular complexity index is 938. The van der Waals surface area contributed by atoms with E-state index in [1.165, 1.54) is 6.33 Å². The molecule has 0 N–H and O–H groups in total. The van der Waals surface area contributed by atoms with Gasteiger partial charge in [-0.2, -0.15) is 5.10 Å². The van der Waals surface area contributed by atoms with E-state index in [2.05, 4.69) is 10.1 Å². The molecule has 3 rings (SSSR count). The topological polar surface area (TPSA) is 68.1 Å². The lowest BCUT2D eigenvalue weighted by Gasteiger charge is -2.25. The Hall–Kier alpha value is -2.99. The first kappa shape index (κ1) is 19.8. The summed E-state index contributed by atoms with van der Waals surface area (Å²) in [6.45, 7) is 1.96. The number of rotatable bonds is 7. The molecule has 0 aliphatic heterocycles. The predicted octanol–water partition coefficient (Wildman–Crippen LogP) is 4.10. The van der Waals surface area contributed by atoms with Crippen molar-refractivity contribution in [2.45, 2.75) is 25.8 Å². The molecule has 1 heterocycles. The number of carbonyl (C=O) groups excluding carboxylic acids is 2. The number of aromatic nitrogens is 3. The van der Waals surface area contributed by atoms with E-state index < -0.39 is 0 Å². The maximum absolute atomic E-state index is 12.5. The summed E-state index contributed by atoms with van der Waals surface area (Å²) in [6, 6.07) is 14.4. The Morgan fingerprint density at radius 3 is 2.36 bits per heavy atom. The van der Waals surface area contributed by atoms with E-state index in [0.29, 0.717) is 10.6 Å². The second-order valence-corrected chi connectivity index (χ2v) is 6.98. The number of Topliss-reactive ketones (excluding diaryl/α,β-unsaturated/α-hetero) is 1. The van der Waals surface area contributed by atoms with Crippen LogP contribution in [0.4, 0.5) is 0 Å². The molecule has 0 aliphatic rings. The minimum Gasteiger partial charge on any atom is -0.339 e. The zero-order valence-electron chi connectivity index (χ0n) is 15.7. The van der Waals surface area contributed by atoms with Crippen molar-refractivity contribution in [2.75, 3.05) is 7.05 Å². The highest BCUT2D eigenvalue weighted by Crippen LogP contribution is 2.21. The van der Waals surface area contributed by atoms with Gasteiger partial charge in [-0.1, -0.05) is 23.7 Å². The van der Waals surface area contributed by atoms with Gasteiger partial charge >= 0.3 is 0 Å². The smallest absolute Gasteiger partial charge is 0.223 e. The van der Waals surface area contributed by atoms with E-state index in [1.807, 2.05) is 31.2 Å². The number of amides is 1. The number of hydrogen-bond donors (Lipinski definition) is 0. The van der Waals surface area contributed by atoms with E-state index in [9.17, 15) is 9.59 Å². The van der Waals surface area contributed by atoms with Gasteiger partial charge < -0.3 is 4.90 Å².